The third kappa shape index (κ3) is 2.51. The Hall–Kier alpha value is -0.328. The van der Waals surface area contributed by atoms with Crippen LogP contribution in [0.5, 0.6) is 0 Å². The molecule has 0 saturated heterocycles. The van der Waals surface area contributed by atoms with Gasteiger partial charge in [-0.05, 0) is 0 Å². The van der Waals surface area contributed by atoms with Crippen molar-refractivity contribution in [3.8, 4) is 0 Å². The zero-order valence-electron chi connectivity index (χ0n) is 5.07. The maximum absolute atomic E-state index is 9.98. The Morgan fingerprint density at radius 1 is 1.50 bits per heavy atom. The van der Waals surface area contributed by atoms with Gasteiger partial charge in [0.05, 0.1) is 0 Å². The van der Waals surface area contributed by atoms with Crippen LogP contribution in [0.1, 0.15) is 0 Å². The zero-order valence-corrected chi connectivity index (χ0v) is 9.24. The van der Waals surface area contributed by atoms with Crippen LogP contribution in [-0.2, 0) is 0 Å². The minimum absolute atomic E-state index is 0. The van der Waals surface area contributed by atoms with E-state index in [0.29, 0.717) is 0 Å². The third-order valence-corrected chi connectivity index (χ3v) is 0.889. The summed E-state index contributed by atoms with van der Waals surface area (Å²) in [7, 11) is 0. The van der Waals surface area contributed by atoms with Crippen LogP contribution in [0, 0.1) is 47.3 Å². The number of benzene rings is 1. The number of rotatable bonds is 1. The molecule has 0 unspecified atom stereocenters. The Morgan fingerprint density at radius 3 is 2.50 bits per heavy atom. The molecular formula is C6H4NO2U-. The predicted molar refractivity (Wildman–Crippen MR) is 31.9 cm³/mol. The van der Waals surface area contributed by atoms with Crippen molar-refractivity contribution in [2.75, 3.05) is 0 Å². The monoisotopic (exact) mass is 360 g/mol. The summed E-state index contributed by atoms with van der Waals surface area (Å²) in [5.74, 6) is 0. The summed E-state index contributed by atoms with van der Waals surface area (Å²) in [6, 6.07) is 8.68. The van der Waals surface area contributed by atoms with E-state index in [1.807, 2.05) is 0 Å². The van der Waals surface area contributed by atoms with Gasteiger partial charge in [-0.25, -0.2) is 0 Å². The molecule has 0 aliphatic rings. The molecular weight excluding hydrogens is 356 g/mol. The molecule has 0 aliphatic heterocycles. The Morgan fingerprint density at radius 2 is 2.20 bits per heavy atom. The molecule has 0 aliphatic carbocycles. The van der Waals surface area contributed by atoms with Crippen molar-refractivity contribution in [1.29, 1.82) is 0 Å². The largest absolute Gasteiger partial charge is 0.260 e. The number of nitro benzene ring substituents is 1. The average molecular weight is 360 g/mol. The molecule has 0 saturated carbocycles. The van der Waals surface area contributed by atoms with E-state index in [4.69, 9.17) is 0 Å². The fourth-order valence-electron chi connectivity index (χ4n) is 0.497. The van der Waals surface area contributed by atoms with Crippen LogP contribution >= 0.6 is 0 Å². The molecule has 0 bridgehead atoms. The molecule has 0 aromatic heterocycles. The first-order chi connectivity index (χ1) is 4.30. The second-order valence-corrected chi connectivity index (χ2v) is 1.50. The van der Waals surface area contributed by atoms with Crippen molar-refractivity contribution in [1.82, 2.24) is 0 Å². The van der Waals surface area contributed by atoms with Gasteiger partial charge in [-0.2, -0.15) is 18.2 Å². The molecule has 0 radical (unpaired) electrons. The Kier molecular flexibility index (Phi) is 4.33. The van der Waals surface area contributed by atoms with Crippen LogP contribution < -0.4 is 0 Å². The smallest absolute Gasteiger partial charge is 0.162 e. The van der Waals surface area contributed by atoms with E-state index >= 15 is 0 Å². The second kappa shape index (κ2) is 4.48. The summed E-state index contributed by atoms with van der Waals surface area (Å²) in [6.45, 7) is 0. The van der Waals surface area contributed by atoms with Gasteiger partial charge < -0.3 is 0 Å². The van der Waals surface area contributed by atoms with Gasteiger partial charge in [0.2, 0.25) is 0 Å². The molecule has 0 heterocycles. The molecule has 1 rings (SSSR count). The SMILES string of the molecule is O=[N+]([O-])c1[c-]cccc1.[U]. The first-order valence-corrected chi connectivity index (χ1v) is 2.42. The van der Waals surface area contributed by atoms with Crippen LogP contribution in [0.25, 0.3) is 0 Å². The first kappa shape index (κ1) is 9.67. The topological polar surface area (TPSA) is 43.1 Å². The van der Waals surface area contributed by atoms with Gasteiger partial charge >= 0.3 is 0 Å². The second-order valence-electron chi connectivity index (χ2n) is 1.50. The maximum Gasteiger partial charge on any atom is 0.162 e. The minimum atomic E-state index is -0.472. The van der Waals surface area contributed by atoms with Crippen LogP contribution in [-0.4, -0.2) is 4.92 Å². The number of non-ortho nitro benzene ring substituents is 1. The van der Waals surface area contributed by atoms with E-state index < -0.39 is 4.92 Å². The molecule has 0 atom stereocenters. The van der Waals surface area contributed by atoms with E-state index in [9.17, 15) is 10.1 Å². The quantitative estimate of drug-likeness (QED) is 0.432. The molecule has 50 valence electrons. The van der Waals surface area contributed by atoms with Crippen LogP contribution in [0.15, 0.2) is 24.3 Å². The van der Waals surface area contributed by atoms with Crippen molar-refractivity contribution in [2.45, 2.75) is 0 Å². The van der Waals surface area contributed by atoms with Gasteiger partial charge in [0.15, 0.2) is 5.69 Å². The molecule has 10 heavy (non-hydrogen) atoms. The summed E-state index contributed by atoms with van der Waals surface area (Å²) < 4.78 is 0. The van der Waals surface area contributed by atoms with Crippen molar-refractivity contribution in [3.05, 3.63) is 40.4 Å². The van der Waals surface area contributed by atoms with Crippen molar-refractivity contribution >= 4 is 5.69 Å². The summed E-state index contributed by atoms with van der Waals surface area (Å²) in [6.07, 6.45) is 0. The van der Waals surface area contributed by atoms with E-state index in [0.717, 1.165) is 0 Å². The Balaban J connectivity index is 0.000000810. The van der Waals surface area contributed by atoms with Crippen molar-refractivity contribution < 1.29 is 36.0 Å². The molecule has 0 amide bonds. The number of nitro groups is 1. The normalized spacial score (nSPS) is 8.00. The van der Waals surface area contributed by atoms with Gasteiger partial charge in [-0.1, -0.05) is 6.07 Å². The molecule has 0 N–H and O–H groups in total. The van der Waals surface area contributed by atoms with E-state index in [1.54, 1.807) is 12.1 Å². The van der Waals surface area contributed by atoms with Crippen molar-refractivity contribution in [3.63, 3.8) is 0 Å². The standard InChI is InChI=1S/C6H4NO2.U/c8-7(9)6-4-2-1-3-5-6;/h1-4H;/q-1;. The first-order valence-electron chi connectivity index (χ1n) is 2.42. The van der Waals surface area contributed by atoms with E-state index in [1.165, 1.54) is 12.1 Å². The van der Waals surface area contributed by atoms with Gasteiger partial charge in [-0.15, -0.1) is 6.07 Å². The third-order valence-electron chi connectivity index (χ3n) is 0.889. The van der Waals surface area contributed by atoms with E-state index in [-0.39, 0.29) is 36.8 Å². The molecule has 4 heteroatoms. The maximum atomic E-state index is 9.98. The van der Waals surface area contributed by atoms with Crippen LogP contribution in [0.3, 0.4) is 0 Å². The number of para-hydroxylation sites is 1. The Bertz CT molecular complexity index is 212. The van der Waals surface area contributed by atoms with Gasteiger partial charge in [-0.3, -0.25) is 10.1 Å². The number of nitrogens with zero attached hydrogens (tertiary/aromatic N) is 1. The average Bonchev–Trinajstić information content (AvgIpc) is 1.90. The van der Waals surface area contributed by atoms with E-state index in [2.05, 4.69) is 6.07 Å². The zero-order chi connectivity index (χ0) is 6.69. The van der Waals surface area contributed by atoms with Crippen LogP contribution in [0.4, 0.5) is 5.69 Å². The summed E-state index contributed by atoms with van der Waals surface area (Å²) >= 11 is 0. The van der Waals surface area contributed by atoms with Crippen LogP contribution in [0.2, 0.25) is 0 Å². The van der Waals surface area contributed by atoms with Gasteiger partial charge in [0.1, 0.15) is 0 Å². The molecule has 1 aromatic rings. The minimum Gasteiger partial charge on any atom is -0.260 e. The predicted octanol–water partition coefficient (Wildman–Crippen LogP) is 1.39. The summed E-state index contributed by atoms with van der Waals surface area (Å²) in [5, 5.41) is 9.98. The fourth-order valence-corrected chi connectivity index (χ4v) is 0.497. The summed E-state index contributed by atoms with van der Waals surface area (Å²) in [5.41, 5.74) is 0.0116. The van der Waals surface area contributed by atoms with Gasteiger partial charge in [0, 0.05) is 36.0 Å². The van der Waals surface area contributed by atoms with Crippen molar-refractivity contribution in [2.24, 2.45) is 0 Å². The number of hydrogen-bond donors (Lipinski definition) is 0. The number of hydrogen-bond acceptors (Lipinski definition) is 2. The molecule has 1 aromatic carbocycles. The van der Waals surface area contributed by atoms with Gasteiger partial charge in [0.25, 0.3) is 0 Å². The fraction of sp³-hybridized carbons (Fsp3) is 0. The molecule has 3 nitrogen and oxygen atoms in total. The molecule has 0 fully saturated rings. The Labute approximate surface area is 82.0 Å². The summed E-state index contributed by atoms with van der Waals surface area (Å²) in [4.78, 5) is 9.50. The molecule has 0 spiro atoms.